The highest BCUT2D eigenvalue weighted by Gasteiger charge is 2.35. The maximum atomic E-state index is 11.8. The van der Waals surface area contributed by atoms with Crippen LogP contribution in [0.25, 0.3) is 0 Å². The van der Waals surface area contributed by atoms with E-state index in [0.717, 1.165) is 45.4 Å². The molecule has 0 aromatic carbocycles. The van der Waals surface area contributed by atoms with Gasteiger partial charge in [0, 0.05) is 18.8 Å². The molecule has 0 aromatic heterocycles. The minimum Gasteiger partial charge on any atom is -0.381 e. The lowest BCUT2D eigenvalue weighted by Crippen LogP contribution is -2.41. The lowest BCUT2D eigenvalue weighted by molar-refractivity contribution is 0.0548. The first-order chi connectivity index (χ1) is 9.75. The number of hydrogen-bond donors (Lipinski definition) is 1. The predicted molar refractivity (Wildman–Crippen MR) is 86.2 cm³/mol. The zero-order chi connectivity index (χ0) is 15.5. The zero-order valence-corrected chi connectivity index (χ0v) is 14.5. The monoisotopic (exact) mass is 317 g/mol. The van der Waals surface area contributed by atoms with Crippen molar-refractivity contribution in [3.05, 3.63) is 0 Å². The van der Waals surface area contributed by atoms with Gasteiger partial charge in [0.15, 0.2) is 9.84 Å². The average molecular weight is 317 g/mol. The fourth-order valence-corrected chi connectivity index (χ4v) is 5.41. The lowest BCUT2D eigenvalue weighted by atomic mass is 9.81. The fourth-order valence-electron chi connectivity index (χ4n) is 3.49. The molecule has 5 heteroatoms. The summed E-state index contributed by atoms with van der Waals surface area (Å²) in [6.45, 7) is 9.18. The van der Waals surface area contributed by atoms with Gasteiger partial charge in [-0.15, -0.1) is 0 Å². The Morgan fingerprint density at radius 2 is 1.86 bits per heavy atom. The molecule has 2 aliphatic heterocycles. The molecule has 0 saturated carbocycles. The van der Waals surface area contributed by atoms with Crippen molar-refractivity contribution in [2.45, 2.75) is 52.0 Å². The second kappa shape index (κ2) is 6.97. The number of sulfone groups is 1. The van der Waals surface area contributed by atoms with E-state index >= 15 is 0 Å². The molecule has 21 heavy (non-hydrogen) atoms. The summed E-state index contributed by atoms with van der Waals surface area (Å²) in [6.07, 6.45) is 4.26. The van der Waals surface area contributed by atoms with Crippen LogP contribution in [-0.4, -0.2) is 45.2 Å². The summed E-state index contributed by atoms with van der Waals surface area (Å²) < 4.78 is 29.0. The molecular weight excluding hydrogens is 286 g/mol. The second-order valence-electron chi connectivity index (χ2n) is 7.85. The molecule has 0 bridgehead atoms. The van der Waals surface area contributed by atoms with Crippen LogP contribution in [0.5, 0.6) is 0 Å². The van der Waals surface area contributed by atoms with Crippen molar-refractivity contribution in [3.63, 3.8) is 0 Å². The Bertz CT molecular complexity index is 421. The van der Waals surface area contributed by atoms with Gasteiger partial charge in [-0.05, 0) is 70.8 Å². The third-order valence-electron chi connectivity index (χ3n) is 4.81. The third-order valence-corrected chi connectivity index (χ3v) is 6.60. The Balaban J connectivity index is 1.95. The average Bonchev–Trinajstić information content (AvgIpc) is 2.75. The first-order valence-corrected chi connectivity index (χ1v) is 10.1. The summed E-state index contributed by atoms with van der Waals surface area (Å²) >= 11 is 0. The molecule has 2 unspecified atom stereocenters. The van der Waals surface area contributed by atoms with Crippen LogP contribution >= 0.6 is 0 Å². The smallest absolute Gasteiger partial charge is 0.150 e. The SMILES string of the molecule is CC(C)(C)NCC(CC1CCOCC1)C1CCS(=O)(=O)C1. The molecule has 2 rings (SSSR count). The maximum absolute atomic E-state index is 11.8. The molecule has 124 valence electrons. The van der Waals surface area contributed by atoms with Gasteiger partial charge in [-0.3, -0.25) is 0 Å². The molecule has 0 spiro atoms. The van der Waals surface area contributed by atoms with Crippen LogP contribution in [0.3, 0.4) is 0 Å². The third kappa shape index (κ3) is 5.87. The Hall–Kier alpha value is -0.130. The van der Waals surface area contributed by atoms with Crippen LogP contribution in [0, 0.1) is 17.8 Å². The van der Waals surface area contributed by atoms with Crippen molar-refractivity contribution in [2.75, 3.05) is 31.3 Å². The molecule has 2 fully saturated rings. The van der Waals surface area contributed by atoms with Gasteiger partial charge >= 0.3 is 0 Å². The standard InChI is InChI=1S/C16H31NO3S/c1-16(2,3)17-11-15(10-13-4-7-20-8-5-13)14-6-9-21(18,19)12-14/h13-15,17H,4-12H2,1-3H3. The normalized spacial score (nSPS) is 28.6. The van der Waals surface area contributed by atoms with Crippen LogP contribution in [0.2, 0.25) is 0 Å². The molecule has 2 aliphatic rings. The van der Waals surface area contributed by atoms with Gasteiger partial charge < -0.3 is 10.1 Å². The highest BCUT2D eigenvalue weighted by atomic mass is 32.2. The molecule has 2 atom stereocenters. The number of nitrogens with one attached hydrogen (secondary N) is 1. The van der Waals surface area contributed by atoms with Crippen molar-refractivity contribution < 1.29 is 13.2 Å². The number of hydrogen-bond acceptors (Lipinski definition) is 4. The largest absolute Gasteiger partial charge is 0.381 e. The van der Waals surface area contributed by atoms with E-state index in [4.69, 9.17) is 4.74 Å². The van der Waals surface area contributed by atoms with Crippen molar-refractivity contribution in [2.24, 2.45) is 17.8 Å². The minimum atomic E-state index is -2.79. The molecule has 0 aliphatic carbocycles. The Morgan fingerprint density at radius 3 is 2.38 bits per heavy atom. The van der Waals surface area contributed by atoms with Crippen molar-refractivity contribution in [1.82, 2.24) is 5.32 Å². The molecule has 2 heterocycles. The van der Waals surface area contributed by atoms with Crippen LogP contribution in [-0.2, 0) is 14.6 Å². The van der Waals surface area contributed by atoms with Crippen LogP contribution in [0.1, 0.15) is 46.5 Å². The van der Waals surface area contributed by atoms with Crippen molar-refractivity contribution >= 4 is 9.84 Å². The zero-order valence-electron chi connectivity index (χ0n) is 13.7. The number of ether oxygens (including phenoxy) is 1. The summed E-state index contributed by atoms with van der Waals surface area (Å²) in [6, 6.07) is 0. The van der Waals surface area contributed by atoms with E-state index < -0.39 is 9.84 Å². The van der Waals surface area contributed by atoms with Gasteiger partial charge in [0.05, 0.1) is 11.5 Å². The Labute approximate surface area is 129 Å². The first kappa shape index (κ1) is 17.2. The molecule has 0 radical (unpaired) electrons. The van der Waals surface area contributed by atoms with Gasteiger partial charge in [-0.2, -0.15) is 0 Å². The van der Waals surface area contributed by atoms with Gasteiger partial charge in [0.25, 0.3) is 0 Å². The van der Waals surface area contributed by atoms with Gasteiger partial charge in [0.1, 0.15) is 0 Å². The van der Waals surface area contributed by atoms with Gasteiger partial charge in [0.2, 0.25) is 0 Å². The van der Waals surface area contributed by atoms with Gasteiger partial charge in [-0.25, -0.2) is 8.42 Å². The Kier molecular flexibility index (Phi) is 5.71. The van der Waals surface area contributed by atoms with E-state index in [-0.39, 0.29) is 5.54 Å². The van der Waals surface area contributed by atoms with E-state index in [9.17, 15) is 8.42 Å². The summed E-state index contributed by atoms with van der Waals surface area (Å²) in [7, 11) is -2.79. The topological polar surface area (TPSA) is 55.4 Å². The van der Waals surface area contributed by atoms with Crippen LogP contribution in [0.4, 0.5) is 0 Å². The molecule has 1 N–H and O–H groups in total. The maximum Gasteiger partial charge on any atom is 0.150 e. The summed E-state index contributed by atoms with van der Waals surface area (Å²) in [4.78, 5) is 0. The fraction of sp³-hybridized carbons (Fsp3) is 1.00. The molecule has 0 aromatic rings. The van der Waals surface area contributed by atoms with Crippen LogP contribution < -0.4 is 5.32 Å². The highest BCUT2D eigenvalue weighted by molar-refractivity contribution is 7.91. The summed E-state index contributed by atoms with van der Waals surface area (Å²) in [5, 5.41) is 3.59. The van der Waals surface area contributed by atoms with E-state index in [2.05, 4.69) is 26.1 Å². The van der Waals surface area contributed by atoms with E-state index in [1.807, 2.05) is 0 Å². The van der Waals surface area contributed by atoms with E-state index in [0.29, 0.717) is 29.3 Å². The lowest BCUT2D eigenvalue weighted by Gasteiger charge is -2.32. The van der Waals surface area contributed by atoms with Crippen molar-refractivity contribution in [3.8, 4) is 0 Å². The first-order valence-electron chi connectivity index (χ1n) is 8.28. The summed E-state index contributed by atoms with van der Waals surface area (Å²) in [5.74, 6) is 2.30. The van der Waals surface area contributed by atoms with E-state index in [1.165, 1.54) is 0 Å². The predicted octanol–water partition coefficient (Wildman–Crippen LogP) is 2.24. The molecule has 4 nitrogen and oxygen atoms in total. The van der Waals surface area contributed by atoms with Crippen LogP contribution in [0.15, 0.2) is 0 Å². The Morgan fingerprint density at radius 1 is 1.19 bits per heavy atom. The second-order valence-corrected chi connectivity index (χ2v) is 10.1. The number of rotatable bonds is 5. The van der Waals surface area contributed by atoms with E-state index in [1.54, 1.807) is 0 Å². The van der Waals surface area contributed by atoms with Gasteiger partial charge in [-0.1, -0.05) is 0 Å². The molecular formula is C16H31NO3S. The van der Waals surface area contributed by atoms with Crippen molar-refractivity contribution in [1.29, 1.82) is 0 Å². The summed E-state index contributed by atoms with van der Waals surface area (Å²) in [5.41, 5.74) is 0.0887. The minimum absolute atomic E-state index is 0.0887. The molecule has 0 amide bonds. The molecule has 2 saturated heterocycles. The highest BCUT2D eigenvalue weighted by Crippen LogP contribution is 2.33. The quantitative estimate of drug-likeness (QED) is 0.845.